The van der Waals surface area contributed by atoms with Crippen molar-refractivity contribution in [2.45, 2.75) is 43.5 Å². The molecule has 266 valence electrons. The van der Waals surface area contributed by atoms with Crippen LogP contribution in [0.2, 0.25) is 0 Å². The van der Waals surface area contributed by atoms with Crippen molar-refractivity contribution in [3.63, 3.8) is 0 Å². The van der Waals surface area contributed by atoms with Crippen LogP contribution in [0.4, 0.5) is 4.39 Å². The number of allylic oxidation sites excluding steroid dienone is 1. The van der Waals surface area contributed by atoms with Crippen LogP contribution < -0.4 is 9.47 Å². The number of likely N-dealkylation sites (tertiary alicyclic amines) is 1. The summed E-state index contributed by atoms with van der Waals surface area (Å²) >= 11 is 0. The number of rotatable bonds is 13. The van der Waals surface area contributed by atoms with Crippen molar-refractivity contribution in [2.75, 3.05) is 39.5 Å². The SMILES string of the molecule is CC1=C(c2cccc(O)c2)[C@H](c2ccc(OCCN3CC(CF)C3)cc2)Oc2ccc(O)cc21.O=C(O)[C@@H](O)[C@@H](O)[C@H](O)[C@@H](O)[C@@H](O)CO. The number of aliphatic carboxylic acids is 1. The molecular weight excluding hydrogens is 645 g/mol. The molecule has 2 aliphatic rings. The van der Waals surface area contributed by atoms with Crippen LogP contribution in [-0.2, 0) is 4.79 Å². The molecule has 0 radical (unpaired) electrons. The molecule has 2 aliphatic heterocycles. The predicted octanol–water partition coefficient (Wildman–Crippen LogP) is 1.31. The summed E-state index contributed by atoms with van der Waals surface area (Å²) in [7, 11) is 0. The highest BCUT2D eigenvalue weighted by Gasteiger charge is 2.37. The van der Waals surface area contributed by atoms with Crippen LogP contribution in [0.1, 0.15) is 29.7 Å². The molecule has 0 spiro atoms. The zero-order chi connectivity index (χ0) is 35.8. The number of carbonyl (C=O) groups is 1. The molecule has 9 N–H and O–H groups in total. The first-order chi connectivity index (χ1) is 23.3. The van der Waals surface area contributed by atoms with E-state index in [1.165, 1.54) is 0 Å². The van der Waals surface area contributed by atoms with Crippen LogP contribution in [0.3, 0.4) is 0 Å². The lowest BCUT2D eigenvalue weighted by atomic mass is 9.86. The number of phenols is 2. The van der Waals surface area contributed by atoms with E-state index in [-0.39, 0.29) is 30.2 Å². The van der Waals surface area contributed by atoms with Crippen molar-refractivity contribution in [2.24, 2.45) is 5.92 Å². The third-order valence-electron chi connectivity index (χ3n) is 8.40. The molecule has 1 saturated heterocycles. The molecule has 49 heavy (non-hydrogen) atoms. The van der Waals surface area contributed by atoms with E-state index in [1.807, 2.05) is 43.3 Å². The minimum atomic E-state index is -2.29. The van der Waals surface area contributed by atoms with E-state index < -0.39 is 43.1 Å². The summed E-state index contributed by atoms with van der Waals surface area (Å²) in [5.74, 6) is 0.225. The second-order valence-corrected chi connectivity index (χ2v) is 12.0. The summed E-state index contributed by atoms with van der Waals surface area (Å²) in [4.78, 5) is 12.4. The van der Waals surface area contributed by atoms with Gasteiger partial charge in [0.1, 0.15) is 60.1 Å². The molecule has 1 fully saturated rings. The Balaban J connectivity index is 0.000000306. The van der Waals surface area contributed by atoms with Crippen LogP contribution in [0.5, 0.6) is 23.0 Å². The van der Waals surface area contributed by atoms with Crippen molar-refractivity contribution < 1.29 is 64.6 Å². The van der Waals surface area contributed by atoms with Gasteiger partial charge in [0.05, 0.1) is 13.3 Å². The Morgan fingerprint density at radius 1 is 0.939 bits per heavy atom. The van der Waals surface area contributed by atoms with Gasteiger partial charge in [-0.15, -0.1) is 0 Å². The predicted molar refractivity (Wildman–Crippen MR) is 175 cm³/mol. The van der Waals surface area contributed by atoms with Crippen molar-refractivity contribution in [1.29, 1.82) is 0 Å². The number of nitrogens with zero attached hydrogens (tertiary/aromatic N) is 1. The first kappa shape index (κ1) is 37.5. The molecule has 0 aliphatic carbocycles. The van der Waals surface area contributed by atoms with Gasteiger partial charge in [0.2, 0.25) is 0 Å². The number of aliphatic hydroxyl groups is 6. The van der Waals surface area contributed by atoms with Crippen LogP contribution >= 0.6 is 0 Å². The van der Waals surface area contributed by atoms with Gasteiger partial charge in [0.25, 0.3) is 0 Å². The second kappa shape index (κ2) is 16.9. The van der Waals surface area contributed by atoms with E-state index in [2.05, 4.69) is 4.90 Å². The van der Waals surface area contributed by atoms with Crippen molar-refractivity contribution >= 4 is 17.1 Å². The van der Waals surface area contributed by atoms with Crippen LogP contribution in [0, 0.1) is 5.92 Å². The van der Waals surface area contributed by atoms with Crippen LogP contribution in [-0.4, -0.2) is 127 Å². The summed E-state index contributed by atoms with van der Waals surface area (Å²) in [6, 6.07) is 20.1. The van der Waals surface area contributed by atoms with Crippen molar-refractivity contribution in [3.8, 4) is 23.0 Å². The topological polar surface area (TPSA) is 221 Å². The fourth-order valence-electron chi connectivity index (χ4n) is 5.58. The largest absolute Gasteiger partial charge is 0.508 e. The normalized spacial score (nSPS) is 19.2. The number of ether oxygens (including phenoxy) is 2. The maximum absolute atomic E-state index is 12.6. The van der Waals surface area contributed by atoms with Gasteiger partial charge in [-0.05, 0) is 66.1 Å². The Morgan fingerprint density at radius 2 is 1.61 bits per heavy atom. The van der Waals surface area contributed by atoms with Gasteiger partial charge in [-0.1, -0.05) is 24.3 Å². The maximum Gasteiger partial charge on any atom is 0.335 e. The van der Waals surface area contributed by atoms with Crippen molar-refractivity contribution in [3.05, 3.63) is 83.4 Å². The Morgan fingerprint density at radius 3 is 2.22 bits per heavy atom. The molecular formula is C35H42FNO12. The monoisotopic (exact) mass is 687 g/mol. The number of fused-ring (bicyclic) bond motifs is 1. The van der Waals surface area contributed by atoms with E-state index in [0.29, 0.717) is 12.4 Å². The number of phenolic OH excluding ortho intramolecular Hbond substituents is 2. The van der Waals surface area contributed by atoms with E-state index in [4.69, 9.17) is 45.2 Å². The van der Waals surface area contributed by atoms with E-state index >= 15 is 0 Å². The number of benzene rings is 3. The van der Waals surface area contributed by atoms with Gasteiger partial charge in [0, 0.05) is 36.7 Å². The molecule has 0 saturated carbocycles. The number of hydrogen-bond donors (Lipinski definition) is 9. The first-order valence-electron chi connectivity index (χ1n) is 15.6. The van der Waals surface area contributed by atoms with Crippen molar-refractivity contribution in [1.82, 2.24) is 4.90 Å². The molecule has 0 amide bonds. The second-order valence-electron chi connectivity index (χ2n) is 12.0. The number of carboxylic acids is 1. The minimum Gasteiger partial charge on any atom is -0.508 e. The van der Waals surface area contributed by atoms with E-state index in [9.17, 15) is 19.4 Å². The molecule has 2 heterocycles. The van der Waals surface area contributed by atoms with E-state index in [1.54, 1.807) is 30.3 Å². The molecule has 13 nitrogen and oxygen atoms in total. The third-order valence-corrected chi connectivity index (χ3v) is 8.40. The van der Waals surface area contributed by atoms with Gasteiger partial charge in [-0.25, -0.2) is 4.79 Å². The van der Waals surface area contributed by atoms with E-state index in [0.717, 1.165) is 53.2 Å². The lowest BCUT2D eigenvalue weighted by molar-refractivity contribution is -0.169. The molecule has 5 rings (SSSR count). The Labute approximate surface area is 282 Å². The van der Waals surface area contributed by atoms with Gasteiger partial charge < -0.3 is 55.4 Å². The average molecular weight is 688 g/mol. The number of aromatic hydroxyl groups is 2. The quantitative estimate of drug-likeness (QED) is 0.124. The molecule has 0 unspecified atom stereocenters. The van der Waals surface area contributed by atoms with Crippen LogP contribution in [0.15, 0.2) is 66.7 Å². The highest BCUT2D eigenvalue weighted by Crippen LogP contribution is 2.47. The fraction of sp³-hybridized carbons (Fsp3) is 0.400. The van der Waals surface area contributed by atoms with Gasteiger partial charge in [-0.2, -0.15) is 0 Å². The summed E-state index contributed by atoms with van der Waals surface area (Å²) < 4.78 is 24.9. The molecule has 3 aromatic rings. The third kappa shape index (κ3) is 9.25. The molecule has 3 aromatic carbocycles. The number of hydrogen-bond acceptors (Lipinski definition) is 12. The summed E-state index contributed by atoms with van der Waals surface area (Å²) in [5.41, 5.74) is 4.56. The molecule has 6 atom stereocenters. The average Bonchev–Trinajstić information content (AvgIpc) is 3.08. The molecule has 0 aromatic heterocycles. The molecule has 0 bridgehead atoms. The minimum absolute atomic E-state index is 0.176. The summed E-state index contributed by atoms with van der Waals surface area (Å²) in [6.45, 7) is 3.84. The Hall–Kier alpha value is -4.28. The number of halogens is 1. The number of carboxylic acid groups (broad SMARTS) is 1. The smallest absolute Gasteiger partial charge is 0.335 e. The summed E-state index contributed by atoms with van der Waals surface area (Å²) in [5, 5.41) is 81.7. The standard InChI is InChI=1S/C28H28FNO4.C7H14O8/c1-18-25-14-23(32)7-10-26(25)34-28(27(18)21-3-2-4-22(31)13-21)20-5-8-24(9-6-20)33-12-11-30-16-19(15-29)17-30;8-1-2(9)3(10)4(11)5(12)6(13)7(14)15/h2-10,13-14,19,28,31-32H,11-12,15-17H2,1H3;2-6,8-13H,1H2,(H,14,15)/t28-;2-,3-,4+,5-,6-/m00/s1. The highest BCUT2D eigenvalue weighted by molar-refractivity contribution is 5.95. The zero-order valence-electron chi connectivity index (χ0n) is 26.7. The lowest BCUT2D eigenvalue weighted by Crippen LogP contribution is -2.51. The van der Waals surface area contributed by atoms with Crippen LogP contribution in [0.25, 0.3) is 11.1 Å². The lowest BCUT2D eigenvalue weighted by Gasteiger charge is -2.37. The summed E-state index contributed by atoms with van der Waals surface area (Å²) in [6.07, 6.45) is -10.6. The number of alkyl halides is 1. The number of aliphatic hydroxyl groups excluding tert-OH is 6. The molecule has 14 heteroatoms. The highest BCUT2D eigenvalue weighted by atomic mass is 19.1. The maximum atomic E-state index is 12.6. The van der Waals surface area contributed by atoms with Gasteiger partial charge in [-0.3, -0.25) is 9.29 Å². The van der Waals surface area contributed by atoms with Gasteiger partial charge in [0.15, 0.2) is 6.10 Å². The Kier molecular flexibility index (Phi) is 12.9. The first-order valence-corrected chi connectivity index (χ1v) is 15.6. The van der Waals surface area contributed by atoms with Gasteiger partial charge >= 0.3 is 5.97 Å². The fourth-order valence-corrected chi connectivity index (χ4v) is 5.58. The zero-order valence-corrected chi connectivity index (χ0v) is 26.7. The Bertz CT molecular complexity index is 1580.